The van der Waals surface area contributed by atoms with E-state index in [0.29, 0.717) is 11.8 Å². The molecule has 0 atom stereocenters. The Labute approximate surface area is 89.4 Å². The first-order chi connectivity index (χ1) is 7.26. The Bertz CT molecular complexity index is 303. The van der Waals surface area contributed by atoms with E-state index in [1.807, 2.05) is 0 Å². The molecule has 0 bridgehead atoms. The molecule has 0 aromatic carbocycles. The van der Waals surface area contributed by atoms with Crippen molar-refractivity contribution >= 4 is 0 Å². The topological polar surface area (TPSA) is 53.5 Å². The molecule has 0 spiro atoms. The summed E-state index contributed by atoms with van der Waals surface area (Å²) in [6.45, 7) is 2.07. The fourth-order valence-electron chi connectivity index (χ4n) is 1.32. The van der Waals surface area contributed by atoms with E-state index in [1.165, 1.54) is 7.11 Å². The maximum absolute atomic E-state index is 5.17. The zero-order valence-corrected chi connectivity index (χ0v) is 9.53. The molecule has 0 N–H and O–H groups in total. The third-order valence-corrected chi connectivity index (χ3v) is 1.98. The fraction of sp³-hybridized carbons (Fsp3) is 0.600. The van der Waals surface area contributed by atoms with E-state index in [2.05, 4.69) is 16.9 Å². The molecule has 84 valence electrons. The van der Waals surface area contributed by atoms with Crippen LogP contribution < -0.4 is 14.2 Å². The Morgan fingerprint density at radius 2 is 1.47 bits per heavy atom. The van der Waals surface area contributed by atoms with Crippen molar-refractivity contribution in [3.8, 4) is 17.8 Å². The second-order valence-electron chi connectivity index (χ2n) is 2.96. The zero-order valence-electron chi connectivity index (χ0n) is 9.53. The Balaban J connectivity index is 3.19. The molecule has 0 saturated heterocycles. The molecule has 0 radical (unpaired) electrons. The van der Waals surface area contributed by atoms with Gasteiger partial charge in [-0.15, -0.1) is 0 Å². The quantitative estimate of drug-likeness (QED) is 0.739. The lowest BCUT2D eigenvalue weighted by atomic mass is 10.2. The van der Waals surface area contributed by atoms with E-state index in [4.69, 9.17) is 14.2 Å². The molecular formula is C10H16N2O3. The van der Waals surface area contributed by atoms with Crippen LogP contribution in [0.1, 0.15) is 18.9 Å². The van der Waals surface area contributed by atoms with E-state index in [0.717, 1.165) is 18.4 Å². The van der Waals surface area contributed by atoms with Crippen LogP contribution >= 0.6 is 0 Å². The van der Waals surface area contributed by atoms with Gasteiger partial charge in [-0.2, -0.15) is 9.97 Å². The van der Waals surface area contributed by atoms with Gasteiger partial charge in [0.25, 0.3) is 0 Å². The molecule has 5 nitrogen and oxygen atoms in total. The number of ether oxygens (including phenoxy) is 3. The molecule has 0 aliphatic rings. The summed E-state index contributed by atoms with van der Waals surface area (Å²) in [6.07, 6.45) is 1.79. The molecule has 1 heterocycles. The van der Waals surface area contributed by atoms with Crippen molar-refractivity contribution in [2.45, 2.75) is 19.8 Å². The Morgan fingerprint density at radius 3 is 1.80 bits per heavy atom. The summed E-state index contributed by atoms with van der Waals surface area (Å²) >= 11 is 0. The minimum absolute atomic E-state index is 0.253. The van der Waals surface area contributed by atoms with Crippen molar-refractivity contribution in [2.24, 2.45) is 0 Å². The minimum atomic E-state index is 0.253. The van der Waals surface area contributed by atoms with Gasteiger partial charge in [-0.1, -0.05) is 13.3 Å². The highest BCUT2D eigenvalue weighted by molar-refractivity contribution is 5.36. The van der Waals surface area contributed by atoms with Crippen molar-refractivity contribution in [1.29, 1.82) is 0 Å². The lowest BCUT2D eigenvalue weighted by Gasteiger charge is -2.11. The van der Waals surface area contributed by atoms with Crippen molar-refractivity contribution in [3.63, 3.8) is 0 Å². The number of nitrogens with zero attached hydrogens (tertiary/aromatic N) is 2. The number of aromatic nitrogens is 2. The zero-order chi connectivity index (χ0) is 11.3. The third-order valence-electron chi connectivity index (χ3n) is 1.98. The van der Waals surface area contributed by atoms with Crippen LogP contribution in [0, 0.1) is 0 Å². The van der Waals surface area contributed by atoms with Gasteiger partial charge in [0.2, 0.25) is 11.8 Å². The predicted octanol–water partition coefficient (Wildman–Crippen LogP) is 1.45. The van der Waals surface area contributed by atoms with E-state index in [1.54, 1.807) is 14.2 Å². The van der Waals surface area contributed by atoms with Crippen LogP contribution in [0.25, 0.3) is 0 Å². The molecule has 0 fully saturated rings. The molecule has 0 aliphatic carbocycles. The fourth-order valence-corrected chi connectivity index (χ4v) is 1.32. The van der Waals surface area contributed by atoms with Crippen LogP contribution in [0.15, 0.2) is 0 Å². The summed E-state index contributed by atoms with van der Waals surface area (Å²) in [6, 6.07) is 0.253. The summed E-state index contributed by atoms with van der Waals surface area (Å²) < 4.78 is 15.3. The summed E-state index contributed by atoms with van der Waals surface area (Å²) in [7, 11) is 4.65. The summed E-state index contributed by atoms with van der Waals surface area (Å²) in [5.74, 6) is 1.03. The molecule has 1 rings (SSSR count). The lowest BCUT2D eigenvalue weighted by Crippen LogP contribution is -2.04. The monoisotopic (exact) mass is 212 g/mol. The summed E-state index contributed by atoms with van der Waals surface area (Å²) in [5.41, 5.74) is 0.878. The molecule has 1 aromatic rings. The Morgan fingerprint density at radius 1 is 0.933 bits per heavy atom. The number of rotatable bonds is 5. The minimum Gasteiger partial charge on any atom is -0.481 e. The highest BCUT2D eigenvalue weighted by atomic mass is 16.5. The van der Waals surface area contributed by atoms with Crippen molar-refractivity contribution < 1.29 is 14.2 Å². The predicted molar refractivity (Wildman–Crippen MR) is 55.7 cm³/mol. The van der Waals surface area contributed by atoms with Gasteiger partial charge in [-0.05, 0) is 6.42 Å². The maximum Gasteiger partial charge on any atom is 0.322 e. The average molecular weight is 212 g/mol. The van der Waals surface area contributed by atoms with Gasteiger partial charge >= 0.3 is 6.01 Å². The van der Waals surface area contributed by atoms with Crippen LogP contribution in [0.3, 0.4) is 0 Å². The van der Waals surface area contributed by atoms with Gasteiger partial charge in [-0.25, -0.2) is 0 Å². The lowest BCUT2D eigenvalue weighted by molar-refractivity contribution is 0.323. The molecule has 0 saturated carbocycles. The van der Waals surface area contributed by atoms with E-state index < -0.39 is 0 Å². The van der Waals surface area contributed by atoms with E-state index in [9.17, 15) is 0 Å². The summed E-state index contributed by atoms with van der Waals surface area (Å²) in [5, 5.41) is 0. The largest absolute Gasteiger partial charge is 0.481 e. The van der Waals surface area contributed by atoms with Crippen LogP contribution in [-0.4, -0.2) is 31.3 Å². The standard InChI is InChI=1S/C10H16N2O3/c1-5-6-7-8(13-2)11-10(15-4)12-9(7)14-3/h5-6H2,1-4H3. The first-order valence-corrected chi connectivity index (χ1v) is 4.79. The number of methoxy groups -OCH3 is 3. The van der Waals surface area contributed by atoms with Gasteiger partial charge in [0.05, 0.1) is 26.9 Å². The SMILES string of the molecule is CCCc1c(OC)nc(OC)nc1OC. The number of hydrogen-bond donors (Lipinski definition) is 0. The normalized spacial score (nSPS) is 9.87. The molecule has 0 unspecified atom stereocenters. The first-order valence-electron chi connectivity index (χ1n) is 4.79. The highest BCUT2D eigenvalue weighted by Gasteiger charge is 2.15. The van der Waals surface area contributed by atoms with Gasteiger partial charge in [-0.3, -0.25) is 0 Å². The number of hydrogen-bond acceptors (Lipinski definition) is 5. The Kier molecular flexibility index (Phi) is 4.15. The van der Waals surface area contributed by atoms with Gasteiger partial charge in [0, 0.05) is 0 Å². The molecule has 1 aromatic heterocycles. The molecule has 5 heteroatoms. The third kappa shape index (κ3) is 2.49. The smallest absolute Gasteiger partial charge is 0.322 e. The van der Waals surface area contributed by atoms with Crippen LogP contribution in [0.2, 0.25) is 0 Å². The molecular weight excluding hydrogens is 196 g/mol. The molecule has 15 heavy (non-hydrogen) atoms. The van der Waals surface area contributed by atoms with Crippen molar-refractivity contribution in [3.05, 3.63) is 5.56 Å². The van der Waals surface area contributed by atoms with Crippen LogP contribution in [0.4, 0.5) is 0 Å². The molecule has 0 aliphatic heterocycles. The van der Waals surface area contributed by atoms with Gasteiger partial charge in [0.15, 0.2) is 0 Å². The van der Waals surface area contributed by atoms with Crippen LogP contribution in [-0.2, 0) is 6.42 Å². The Hall–Kier alpha value is -1.52. The van der Waals surface area contributed by atoms with Gasteiger partial charge in [0.1, 0.15) is 0 Å². The van der Waals surface area contributed by atoms with Gasteiger partial charge < -0.3 is 14.2 Å². The van der Waals surface area contributed by atoms with E-state index >= 15 is 0 Å². The second-order valence-corrected chi connectivity index (χ2v) is 2.96. The highest BCUT2D eigenvalue weighted by Crippen LogP contribution is 2.28. The second kappa shape index (κ2) is 5.38. The van der Waals surface area contributed by atoms with Crippen LogP contribution in [0.5, 0.6) is 17.8 Å². The first kappa shape index (κ1) is 11.6. The summed E-state index contributed by atoms with van der Waals surface area (Å²) in [4.78, 5) is 8.20. The maximum atomic E-state index is 5.17. The average Bonchev–Trinajstić information content (AvgIpc) is 2.29. The van der Waals surface area contributed by atoms with E-state index in [-0.39, 0.29) is 6.01 Å². The van der Waals surface area contributed by atoms with Crippen molar-refractivity contribution in [1.82, 2.24) is 9.97 Å². The molecule has 0 amide bonds. The van der Waals surface area contributed by atoms with Crippen molar-refractivity contribution in [2.75, 3.05) is 21.3 Å².